The molecule has 0 saturated heterocycles. The summed E-state index contributed by atoms with van der Waals surface area (Å²) in [5, 5.41) is 8.90. The normalized spacial score (nSPS) is 10.1. The van der Waals surface area contributed by atoms with Crippen LogP contribution >= 0.6 is 11.6 Å². The lowest BCUT2D eigenvalue weighted by atomic mass is 10.2. The Bertz CT molecular complexity index is 842. The highest BCUT2D eigenvalue weighted by atomic mass is 35.5. The Hall–Kier alpha value is -2.93. The summed E-state index contributed by atoms with van der Waals surface area (Å²) in [6.07, 6.45) is 1.18. The quantitative estimate of drug-likeness (QED) is 0.583. The number of hydrogen-bond donors (Lipinski definition) is 3. The first-order valence-electron chi connectivity index (χ1n) is 8.82. The minimum absolute atomic E-state index is 0.00766. The molecule has 0 aromatic heterocycles. The average molecular weight is 406 g/mol. The van der Waals surface area contributed by atoms with Gasteiger partial charge in [0, 0.05) is 18.2 Å². The Balaban J connectivity index is 2.02. The average Bonchev–Trinajstić information content (AvgIpc) is 2.68. The zero-order valence-electron chi connectivity index (χ0n) is 16.1. The van der Waals surface area contributed by atoms with Gasteiger partial charge in [-0.15, -0.1) is 0 Å². The first-order valence-corrected chi connectivity index (χ1v) is 9.19. The third-order valence-electron chi connectivity index (χ3n) is 3.85. The standard InChI is InChI=1S/C20H24ClN3O4/c1-4-5-19(25)23-13-6-8-15(21)16(10-13)24-20(26)12-22-17-11-14(27-2)7-9-18(17)28-3/h6-11,22H,4-5,12H2,1-3H3,(H,23,25)(H,24,26). The second kappa shape index (κ2) is 10.4. The van der Waals surface area contributed by atoms with Gasteiger partial charge < -0.3 is 25.4 Å². The van der Waals surface area contributed by atoms with Gasteiger partial charge in [-0.1, -0.05) is 18.5 Å². The lowest BCUT2D eigenvalue weighted by Gasteiger charge is -2.14. The fourth-order valence-electron chi connectivity index (χ4n) is 2.47. The first kappa shape index (κ1) is 21.4. The van der Waals surface area contributed by atoms with E-state index in [2.05, 4.69) is 16.0 Å². The Morgan fingerprint density at radius 2 is 1.75 bits per heavy atom. The van der Waals surface area contributed by atoms with Crippen LogP contribution in [0.15, 0.2) is 36.4 Å². The predicted octanol–water partition coefficient (Wildman–Crippen LogP) is 4.15. The molecule has 2 aromatic rings. The van der Waals surface area contributed by atoms with E-state index in [0.717, 1.165) is 6.42 Å². The minimum Gasteiger partial charge on any atom is -0.497 e. The second-order valence-electron chi connectivity index (χ2n) is 5.96. The molecule has 0 fully saturated rings. The molecule has 2 rings (SSSR count). The number of benzene rings is 2. The van der Waals surface area contributed by atoms with Crippen molar-refractivity contribution in [2.45, 2.75) is 19.8 Å². The Kier molecular flexibility index (Phi) is 7.95. The maximum atomic E-state index is 12.3. The largest absolute Gasteiger partial charge is 0.497 e. The molecule has 2 amide bonds. The maximum absolute atomic E-state index is 12.3. The highest BCUT2D eigenvalue weighted by molar-refractivity contribution is 6.33. The zero-order valence-corrected chi connectivity index (χ0v) is 16.9. The third-order valence-corrected chi connectivity index (χ3v) is 4.18. The number of anilines is 3. The van der Waals surface area contributed by atoms with E-state index in [9.17, 15) is 9.59 Å². The zero-order chi connectivity index (χ0) is 20.5. The molecule has 0 bridgehead atoms. The lowest BCUT2D eigenvalue weighted by Crippen LogP contribution is -2.22. The fourth-order valence-corrected chi connectivity index (χ4v) is 2.64. The topological polar surface area (TPSA) is 88.7 Å². The molecular weight excluding hydrogens is 382 g/mol. The van der Waals surface area contributed by atoms with E-state index in [1.54, 1.807) is 50.6 Å². The van der Waals surface area contributed by atoms with Gasteiger partial charge in [-0.25, -0.2) is 0 Å². The van der Waals surface area contributed by atoms with Gasteiger partial charge in [-0.3, -0.25) is 9.59 Å². The van der Waals surface area contributed by atoms with Crippen molar-refractivity contribution in [1.82, 2.24) is 0 Å². The molecule has 7 nitrogen and oxygen atoms in total. The number of carbonyl (C=O) groups is 2. The molecule has 3 N–H and O–H groups in total. The van der Waals surface area contributed by atoms with Gasteiger partial charge in [0.25, 0.3) is 0 Å². The molecule has 0 saturated carbocycles. The van der Waals surface area contributed by atoms with Crippen molar-refractivity contribution in [3.63, 3.8) is 0 Å². The van der Waals surface area contributed by atoms with Crippen molar-refractivity contribution in [2.75, 3.05) is 36.7 Å². The monoisotopic (exact) mass is 405 g/mol. The van der Waals surface area contributed by atoms with Gasteiger partial charge >= 0.3 is 0 Å². The van der Waals surface area contributed by atoms with Gasteiger partial charge in [-0.2, -0.15) is 0 Å². The van der Waals surface area contributed by atoms with Crippen molar-refractivity contribution >= 4 is 40.5 Å². The molecule has 2 aromatic carbocycles. The number of nitrogens with one attached hydrogen (secondary N) is 3. The number of carbonyl (C=O) groups excluding carboxylic acids is 2. The van der Waals surface area contributed by atoms with Crippen LogP contribution in [0.4, 0.5) is 17.1 Å². The number of amides is 2. The molecule has 0 heterocycles. The van der Waals surface area contributed by atoms with Crippen LogP contribution in [0.2, 0.25) is 5.02 Å². The van der Waals surface area contributed by atoms with Gasteiger partial charge in [0.1, 0.15) is 11.5 Å². The maximum Gasteiger partial charge on any atom is 0.243 e. The van der Waals surface area contributed by atoms with Gasteiger partial charge in [0.15, 0.2) is 0 Å². The summed E-state index contributed by atoms with van der Waals surface area (Å²) in [4.78, 5) is 24.1. The van der Waals surface area contributed by atoms with Crippen molar-refractivity contribution in [3.8, 4) is 11.5 Å². The summed E-state index contributed by atoms with van der Waals surface area (Å²) < 4.78 is 10.5. The molecule has 0 aliphatic heterocycles. The molecule has 8 heteroatoms. The van der Waals surface area contributed by atoms with Crippen LogP contribution in [0, 0.1) is 0 Å². The summed E-state index contributed by atoms with van der Waals surface area (Å²) in [7, 11) is 3.11. The molecule has 0 unspecified atom stereocenters. The van der Waals surface area contributed by atoms with Crippen LogP contribution in [-0.4, -0.2) is 32.6 Å². The summed E-state index contributed by atoms with van der Waals surface area (Å²) in [6.45, 7) is 1.92. The van der Waals surface area contributed by atoms with E-state index in [1.165, 1.54) is 0 Å². The summed E-state index contributed by atoms with van der Waals surface area (Å²) in [6, 6.07) is 10.2. The van der Waals surface area contributed by atoms with Gasteiger partial charge in [-0.05, 0) is 36.8 Å². The minimum atomic E-state index is -0.302. The molecule has 0 radical (unpaired) electrons. The van der Waals surface area contributed by atoms with E-state index < -0.39 is 0 Å². The number of halogens is 1. The van der Waals surface area contributed by atoms with E-state index >= 15 is 0 Å². The molecule has 0 aliphatic carbocycles. The van der Waals surface area contributed by atoms with Crippen molar-refractivity contribution in [1.29, 1.82) is 0 Å². The van der Waals surface area contributed by atoms with Crippen LogP contribution in [-0.2, 0) is 9.59 Å². The first-order chi connectivity index (χ1) is 13.5. The van der Waals surface area contributed by atoms with E-state index in [1.807, 2.05) is 6.92 Å². The van der Waals surface area contributed by atoms with E-state index in [4.69, 9.17) is 21.1 Å². The molecule has 150 valence electrons. The molecule has 0 atom stereocenters. The molecule has 28 heavy (non-hydrogen) atoms. The predicted molar refractivity (Wildman–Crippen MR) is 112 cm³/mol. The number of methoxy groups -OCH3 is 2. The number of hydrogen-bond acceptors (Lipinski definition) is 5. The van der Waals surface area contributed by atoms with E-state index in [-0.39, 0.29) is 18.4 Å². The summed E-state index contributed by atoms with van der Waals surface area (Å²) in [5.74, 6) is 0.840. The van der Waals surface area contributed by atoms with Crippen LogP contribution in [0.25, 0.3) is 0 Å². The van der Waals surface area contributed by atoms with Gasteiger partial charge in [0.2, 0.25) is 11.8 Å². The SMILES string of the molecule is CCCC(=O)Nc1ccc(Cl)c(NC(=O)CNc2cc(OC)ccc2OC)c1. The lowest BCUT2D eigenvalue weighted by molar-refractivity contribution is -0.116. The number of rotatable bonds is 9. The van der Waals surface area contributed by atoms with Crippen LogP contribution in [0.3, 0.4) is 0 Å². The van der Waals surface area contributed by atoms with Crippen molar-refractivity contribution in [2.24, 2.45) is 0 Å². The highest BCUT2D eigenvalue weighted by Gasteiger charge is 2.10. The Morgan fingerprint density at radius 1 is 0.964 bits per heavy atom. The Morgan fingerprint density at radius 3 is 2.43 bits per heavy atom. The van der Waals surface area contributed by atoms with Crippen LogP contribution in [0.1, 0.15) is 19.8 Å². The molecule has 0 aliphatic rings. The molecular formula is C20H24ClN3O4. The summed E-state index contributed by atoms with van der Waals surface area (Å²) in [5.41, 5.74) is 1.62. The summed E-state index contributed by atoms with van der Waals surface area (Å²) >= 11 is 6.16. The van der Waals surface area contributed by atoms with Crippen LogP contribution in [0.5, 0.6) is 11.5 Å². The number of ether oxygens (including phenoxy) is 2. The van der Waals surface area contributed by atoms with E-state index in [0.29, 0.717) is 40.0 Å². The Labute approximate surface area is 169 Å². The fraction of sp³-hybridized carbons (Fsp3) is 0.300. The highest BCUT2D eigenvalue weighted by Crippen LogP contribution is 2.29. The smallest absolute Gasteiger partial charge is 0.243 e. The van der Waals surface area contributed by atoms with Crippen LogP contribution < -0.4 is 25.4 Å². The van der Waals surface area contributed by atoms with Crippen molar-refractivity contribution < 1.29 is 19.1 Å². The van der Waals surface area contributed by atoms with Gasteiger partial charge in [0.05, 0.1) is 37.2 Å². The second-order valence-corrected chi connectivity index (χ2v) is 6.37. The third kappa shape index (κ3) is 6.06. The van der Waals surface area contributed by atoms with Crippen molar-refractivity contribution in [3.05, 3.63) is 41.4 Å². The molecule has 0 spiro atoms.